The molecule has 0 spiro atoms. The SMILES string of the molecule is CC(C)(C)OC(=O)CC(NC(=O)[C@@H]1CCCCN1C(=O)c1csc(-c2ccccc2)n1)C(O)CF. The number of nitrogens with zero attached hydrogens (tertiary/aromatic N) is 2. The van der Waals surface area contributed by atoms with E-state index in [4.69, 9.17) is 4.74 Å². The van der Waals surface area contributed by atoms with E-state index in [1.165, 1.54) is 16.2 Å². The Balaban J connectivity index is 1.72. The van der Waals surface area contributed by atoms with Crippen LogP contribution in [0.3, 0.4) is 0 Å². The van der Waals surface area contributed by atoms with Gasteiger partial charge in [-0.25, -0.2) is 9.37 Å². The number of piperidine rings is 1. The van der Waals surface area contributed by atoms with Crippen molar-refractivity contribution in [3.63, 3.8) is 0 Å². The number of carbonyl (C=O) groups is 3. The molecular formula is C25H32FN3O5S. The molecule has 190 valence electrons. The first-order valence-electron chi connectivity index (χ1n) is 11.7. The molecule has 2 N–H and O–H groups in total. The monoisotopic (exact) mass is 505 g/mol. The summed E-state index contributed by atoms with van der Waals surface area (Å²) < 4.78 is 18.5. The molecule has 0 radical (unpaired) electrons. The van der Waals surface area contributed by atoms with E-state index in [0.29, 0.717) is 18.0 Å². The van der Waals surface area contributed by atoms with Gasteiger partial charge in [-0.05, 0) is 40.0 Å². The Kier molecular flexibility index (Phi) is 8.96. The Bertz CT molecular complexity index is 1020. The molecule has 1 saturated heterocycles. The predicted molar refractivity (Wildman–Crippen MR) is 131 cm³/mol. The van der Waals surface area contributed by atoms with Gasteiger partial charge in [0, 0.05) is 17.5 Å². The van der Waals surface area contributed by atoms with Crippen molar-refractivity contribution in [2.45, 2.75) is 70.2 Å². The number of hydrogen-bond donors (Lipinski definition) is 2. The lowest BCUT2D eigenvalue weighted by atomic mass is 9.99. The Morgan fingerprint density at radius 2 is 1.97 bits per heavy atom. The fraction of sp³-hybridized carbons (Fsp3) is 0.520. The first-order chi connectivity index (χ1) is 16.6. The van der Waals surface area contributed by atoms with Crippen molar-refractivity contribution in [1.82, 2.24) is 15.2 Å². The van der Waals surface area contributed by atoms with Crippen molar-refractivity contribution in [1.29, 1.82) is 0 Å². The van der Waals surface area contributed by atoms with Gasteiger partial charge in [0.25, 0.3) is 5.91 Å². The molecule has 0 aliphatic carbocycles. The fourth-order valence-corrected chi connectivity index (χ4v) is 4.71. The number of aromatic nitrogens is 1. The van der Waals surface area contributed by atoms with Crippen LogP contribution in [-0.2, 0) is 14.3 Å². The van der Waals surface area contributed by atoms with Crippen LogP contribution in [0, 0.1) is 0 Å². The van der Waals surface area contributed by atoms with Gasteiger partial charge in [0.2, 0.25) is 5.91 Å². The number of aliphatic hydroxyl groups is 1. The molecule has 2 unspecified atom stereocenters. The molecule has 2 aromatic rings. The highest BCUT2D eigenvalue weighted by Crippen LogP contribution is 2.26. The summed E-state index contributed by atoms with van der Waals surface area (Å²) >= 11 is 1.35. The minimum absolute atomic E-state index is 0.252. The summed E-state index contributed by atoms with van der Waals surface area (Å²) in [7, 11) is 0. The van der Waals surface area contributed by atoms with E-state index < -0.39 is 42.3 Å². The van der Waals surface area contributed by atoms with Gasteiger partial charge in [-0.15, -0.1) is 11.3 Å². The summed E-state index contributed by atoms with van der Waals surface area (Å²) in [6, 6.07) is 7.51. The van der Waals surface area contributed by atoms with Crippen molar-refractivity contribution >= 4 is 29.1 Å². The Morgan fingerprint density at radius 3 is 2.63 bits per heavy atom. The second kappa shape index (κ2) is 11.7. The lowest BCUT2D eigenvalue weighted by Gasteiger charge is -2.35. The van der Waals surface area contributed by atoms with Crippen LogP contribution in [-0.4, -0.2) is 69.8 Å². The molecule has 3 atom stereocenters. The van der Waals surface area contributed by atoms with Crippen LogP contribution in [0.1, 0.15) is 56.9 Å². The number of benzene rings is 1. The molecule has 10 heteroatoms. The zero-order valence-corrected chi connectivity index (χ0v) is 21.0. The third-order valence-corrected chi connectivity index (χ3v) is 6.46. The second-order valence-corrected chi connectivity index (χ2v) is 10.4. The molecule has 1 aromatic heterocycles. The molecule has 0 bridgehead atoms. The maximum Gasteiger partial charge on any atom is 0.308 e. The summed E-state index contributed by atoms with van der Waals surface area (Å²) in [6.45, 7) is 4.31. The van der Waals surface area contributed by atoms with E-state index in [1.54, 1.807) is 26.2 Å². The van der Waals surface area contributed by atoms with Crippen LogP contribution in [0.15, 0.2) is 35.7 Å². The number of halogens is 1. The lowest BCUT2D eigenvalue weighted by Crippen LogP contribution is -2.56. The van der Waals surface area contributed by atoms with Crippen molar-refractivity contribution in [3.05, 3.63) is 41.4 Å². The minimum atomic E-state index is -1.58. The number of alkyl halides is 1. The van der Waals surface area contributed by atoms with Gasteiger partial charge in [0.05, 0.1) is 12.5 Å². The van der Waals surface area contributed by atoms with Gasteiger partial charge in [-0.2, -0.15) is 0 Å². The molecule has 35 heavy (non-hydrogen) atoms. The molecule has 1 aliphatic rings. The molecule has 1 fully saturated rings. The van der Waals surface area contributed by atoms with Crippen LogP contribution in [0.25, 0.3) is 10.6 Å². The molecule has 0 saturated carbocycles. The highest BCUT2D eigenvalue weighted by Gasteiger charge is 2.36. The zero-order valence-electron chi connectivity index (χ0n) is 20.2. The summed E-state index contributed by atoms with van der Waals surface area (Å²) in [5.74, 6) is -1.57. The van der Waals surface area contributed by atoms with Gasteiger partial charge in [0.1, 0.15) is 35.1 Å². The number of rotatable bonds is 8. The minimum Gasteiger partial charge on any atom is -0.460 e. The van der Waals surface area contributed by atoms with E-state index in [0.717, 1.165) is 18.4 Å². The quantitative estimate of drug-likeness (QED) is 0.533. The van der Waals surface area contributed by atoms with Crippen molar-refractivity contribution in [2.75, 3.05) is 13.2 Å². The summed E-state index contributed by atoms with van der Waals surface area (Å²) in [4.78, 5) is 44.6. The molecule has 1 aromatic carbocycles. The van der Waals surface area contributed by atoms with Crippen LogP contribution < -0.4 is 5.32 Å². The first kappa shape index (κ1) is 26.7. The molecule has 2 heterocycles. The van der Waals surface area contributed by atoms with Crippen molar-refractivity contribution in [2.24, 2.45) is 0 Å². The predicted octanol–water partition coefficient (Wildman–Crippen LogP) is 3.35. The fourth-order valence-electron chi connectivity index (χ4n) is 3.91. The summed E-state index contributed by atoms with van der Waals surface area (Å²) in [5.41, 5.74) is 0.391. The molecule has 3 rings (SSSR count). The smallest absolute Gasteiger partial charge is 0.308 e. The Morgan fingerprint density at radius 1 is 1.26 bits per heavy atom. The Hall–Kier alpha value is -2.85. The molecule has 1 aliphatic heterocycles. The standard InChI is InChI=1S/C25H32FN3O5S/c1-25(2,3)34-21(31)13-17(20(30)14-26)27-22(32)19-11-7-8-12-29(19)24(33)18-15-35-23(28-18)16-9-5-4-6-10-16/h4-6,9-10,15,17,19-20,30H,7-8,11-14H2,1-3H3,(H,27,32)/t17?,19-,20?/m0/s1. The van der Waals surface area contributed by atoms with Gasteiger partial charge in [-0.1, -0.05) is 30.3 Å². The average molecular weight is 506 g/mol. The van der Waals surface area contributed by atoms with Gasteiger partial charge in [-0.3, -0.25) is 14.4 Å². The number of aliphatic hydroxyl groups excluding tert-OH is 1. The van der Waals surface area contributed by atoms with Crippen molar-refractivity contribution in [3.8, 4) is 10.6 Å². The van der Waals surface area contributed by atoms with Crippen LogP contribution >= 0.6 is 11.3 Å². The molecule has 8 nitrogen and oxygen atoms in total. The summed E-state index contributed by atoms with van der Waals surface area (Å²) in [5, 5.41) is 15.0. The zero-order chi connectivity index (χ0) is 25.6. The van der Waals surface area contributed by atoms with Crippen molar-refractivity contribution < 1.29 is 28.6 Å². The molecule has 2 amide bonds. The summed E-state index contributed by atoms with van der Waals surface area (Å²) in [6.07, 6.45) is -0.0819. The Labute approximate surface area is 208 Å². The highest BCUT2D eigenvalue weighted by atomic mass is 32.1. The lowest BCUT2D eigenvalue weighted by molar-refractivity contribution is -0.156. The van der Waals surface area contributed by atoms with Gasteiger partial charge >= 0.3 is 5.97 Å². The number of esters is 1. The van der Waals surface area contributed by atoms with E-state index in [-0.39, 0.29) is 18.0 Å². The normalized spacial score (nSPS) is 18.0. The highest BCUT2D eigenvalue weighted by molar-refractivity contribution is 7.13. The van der Waals surface area contributed by atoms with E-state index >= 15 is 0 Å². The van der Waals surface area contributed by atoms with E-state index in [9.17, 15) is 23.9 Å². The van der Waals surface area contributed by atoms with E-state index in [2.05, 4.69) is 10.3 Å². The van der Waals surface area contributed by atoms with E-state index in [1.807, 2.05) is 30.3 Å². The number of carbonyl (C=O) groups excluding carboxylic acids is 3. The second-order valence-electron chi connectivity index (χ2n) is 9.54. The number of likely N-dealkylation sites (tertiary alicyclic amines) is 1. The number of hydrogen-bond acceptors (Lipinski definition) is 7. The van der Waals surface area contributed by atoms with Crippen LogP contribution in [0.5, 0.6) is 0 Å². The maximum absolute atomic E-state index is 13.3. The topological polar surface area (TPSA) is 109 Å². The number of nitrogens with one attached hydrogen (secondary N) is 1. The first-order valence-corrected chi connectivity index (χ1v) is 12.5. The number of ether oxygens (including phenoxy) is 1. The number of thiazole rings is 1. The third kappa shape index (κ3) is 7.32. The maximum atomic E-state index is 13.3. The van der Waals surface area contributed by atoms with Crippen LogP contribution in [0.2, 0.25) is 0 Å². The van der Waals surface area contributed by atoms with Crippen LogP contribution in [0.4, 0.5) is 4.39 Å². The van der Waals surface area contributed by atoms with Gasteiger partial charge in [0.15, 0.2) is 0 Å². The third-order valence-electron chi connectivity index (χ3n) is 5.57. The molecular weight excluding hydrogens is 473 g/mol. The largest absolute Gasteiger partial charge is 0.460 e. The average Bonchev–Trinajstić information content (AvgIpc) is 3.32. The number of amides is 2. The van der Waals surface area contributed by atoms with Gasteiger partial charge < -0.3 is 20.1 Å².